The SMILES string of the molecule is CC(C)N(CCCO)c1cc(Br)ccc1C=O. The Bertz CT molecular complexity index is 380. The van der Waals surface area contributed by atoms with Gasteiger partial charge in [0.2, 0.25) is 0 Å². The first-order valence-corrected chi connectivity index (χ1v) is 6.51. The van der Waals surface area contributed by atoms with Crippen molar-refractivity contribution in [1.29, 1.82) is 0 Å². The van der Waals surface area contributed by atoms with Crippen LogP contribution in [0.5, 0.6) is 0 Å². The van der Waals surface area contributed by atoms with Crippen molar-refractivity contribution in [1.82, 2.24) is 0 Å². The maximum absolute atomic E-state index is 11.0. The fourth-order valence-electron chi connectivity index (χ4n) is 1.76. The summed E-state index contributed by atoms with van der Waals surface area (Å²) in [5, 5.41) is 8.92. The van der Waals surface area contributed by atoms with Crippen molar-refractivity contribution in [3.63, 3.8) is 0 Å². The minimum atomic E-state index is 0.160. The molecular weight excluding hydrogens is 282 g/mol. The smallest absolute Gasteiger partial charge is 0.152 e. The maximum atomic E-state index is 11.0. The molecule has 0 aromatic heterocycles. The van der Waals surface area contributed by atoms with Crippen LogP contribution in [0.1, 0.15) is 30.6 Å². The van der Waals surface area contributed by atoms with Gasteiger partial charge in [0.25, 0.3) is 0 Å². The molecule has 1 rings (SSSR count). The first kappa shape index (κ1) is 14.2. The van der Waals surface area contributed by atoms with E-state index in [0.29, 0.717) is 12.0 Å². The Morgan fingerprint density at radius 1 is 1.47 bits per heavy atom. The molecule has 0 aliphatic carbocycles. The molecule has 17 heavy (non-hydrogen) atoms. The summed E-state index contributed by atoms with van der Waals surface area (Å²) < 4.78 is 0.952. The highest BCUT2D eigenvalue weighted by atomic mass is 79.9. The summed E-state index contributed by atoms with van der Waals surface area (Å²) in [5.41, 5.74) is 1.60. The minimum absolute atomic E-state index is 0.160. The molecule has 4 heteroatoms. The summed E-state index contributed by atoms with van der Waals surface area (Å²) in [6, 6.07) is 5.90. The zero-order chi connectivity index (χ0) is 12.8. The van der Waals surface area contributed by atoms with Gasteiger partial charge in [-0.25, -0.2) is 0 Å². The third-order valence-corrected chi connectivity index (χ3v) is 3.10. The lowest BCUT2D eigenvalue weighted by Crippen LogP contribution is -2.33. The fourth-order valence-corrected chi connectivity index (χ4v) is 2.11. The molecule has 0 aliphatic heterocycles. The van der Waals surface area contributed by atoms with Gasteiger partial charge >= 0.3 is 0 Å². The fraction of sp³-hybridized carbons (Fsp3) is 0.462. The van der Waals surface area contributed by atoms with Gasteiger partial charge < -0.3 is 10.0 Å². The molecule has 0 radical (unpaired) electrons. The average Bonchev–Trinajstić information content (AvgIpc) is 2.29. The molecule has 0 fully saturated rings. The number of hydrogen-bond acceptors (Lipinski definition) is 3. The number of aliphatic hydroxyl groups is 1. The molecule has 1 aromatic carbocycles. The molecule has 0 spiro atoms. The first-order valence-electron chi connectivity index (χ1n) is 5.72. The lowest BCUT2D eigenvalue weighted by Gasteiger charge is -2.30. The van der Waals surface area contributed by atoms with Crippen molar-refractivity contribution in [2.24, 2.45) is 0 Å². The summed E-state index contributed by atoms with van der Waals surface area (Å²) >= 11 is 3.42. The lowest BCUT2D eigenvalue weighted by molar-refractivity contribution is 0.112. The van der Waals surface area contributed by atoms with Gasteiger partial charge in [0.1, 0.15) is 0 Å². The monoisotopic (exact) mass is 299 g/mol. The van der Waals surface area contributed by atoms with E-state index in [1.54, 1.807) is 6.07 Å². The molecular formula is C13H18BrNO2. The van der Waals surface area contributed by atoms with Gasteiger partial charge in [0.15, 0.2) is 6.29 Å². The Labute approximate surface area is 111 Å². The minimum Gasteiger partial charge on any atom is -0.396 e. The van der Waals surface area contributed by atoms with Crippen molar-refractivity contribution >= 4 is 27.9 Å². The molecule has 1 N–H and O–H groups in total. The molecule has 0 unspecified atom stereocenters. The van der Waals surface area contributed by atoms with E-state index in [9.17, 15) is 4.79 Å². The predicted octanol–water partition coefficient (Wildman–Crippen LogP) is 2.86. The molecule has 0 bridgehead atoms. The number of anilines is 1. The van der Waals surface area contributed by atoms with Crippen LogP contribution in [0, 0.1) is 0 Å². The quantitative estimate of drug-likeness (QED) is 0.821. The van der Waals surface area contributed by atoms with Crippen LogP contribution in [0.15, 0.2) is 22.7 Å². The van der Waals surface area contributed by atoms with Gasteiger partial charge in [-0.05, 0) is 38.5 Å². The van der Waals surface area contributed by atoms with Crippen LogP contribution in [0.3, 0.4) is 0 Å². The van der Waals surface area contributed by atoms with Gasteiger partial charge in [-0.2, -0.15) is 0 Å². The van der Waals surface area contributed by atoms with Crippen molar-refractivity contribution < 1.29 is 9.90 Å². The highest BCUT2D eigenvalue weighted by Gasteiger charge is 2.14. The summed E-state index contributed by atoms with van der Waals surface area (Å²) in [6.07, 6.45) is 1.57. The van der Waals surface area contributed by atoms with Crippen molar-refractivity contribution in [3.8, 4) is 0 Å². The third kappa shape index (κ3) is 3.82. The molecule has 0 heterocycles. The van der Waals surface area contributed by atoms with Crippen LogP contribution in [0.2, 0.25) is 0 Å². The number of halogens is 1. The van der Waals surface area contributed by atoms with Gasteiger partial charge in [0, 0.05) is 34.9 Å². The van der Waals surface area contributed by atoms with E-state index < -0.39 is 0 Å². The Morgan fingerprint density at radius 3 is 2.71 bits per heavy atom. The van der Waals surface area contributed by atoms with Crippen LogP contribution in [-0.4, -0.2) is 30.6 Å². The number of aldehydes is 1. The predicted molar refractivity (Wildman–Crippen MR) is 73.7 cm³/mol. The lowest BCUT2D eigenvalue weighted by atomic mass is 10.1. The molecule has 0 atom stereocenters. The number of carbonyl (C=O) groups is 1. The zero-order valence-electron chi connectivity index (χ0n) is 10.2. The normalized spacial score (nSPS) is 10.6. The largest absolute Gasteiger partial charge is 0.396 e. The van der Waals surface area contributed by atoms with E-state index in [2.05, 4.69) is 34.7 Å². The van der Waals surface area contributed by atoms with Crippen LogP contribution in [-0.2, 0) is 0 Å². The van der Waals surface area contributed by atoms with E-state index in [4.69, 9.17) is 5.11 Å². The van der Waals surface area contributed by atoms with Crippen LogP contribution in [0.4, 0.5) is 5.69 Å². The number of benzene rings is 1. The van der Waals surface area contributed by atoms with E-state index >= 15 is 0 Å². The van der Waals surface area contributed by atoms with Crippen molar-refractivity contribution in [2.75, 3.05) is 18.1 Å². The van der Waals surface area contributed by atoms with Crippen LogP contribution < -0.4 is 4.90 Å². The van der Waals surface area contributed by atoms with E-state index in [0.717, 1.165) is 23.0 Å². The number of aliphatic hydroxyl groups excluding tert-OH is 1. The molecule has 3 nitrogen and oxygen atoms in total. The Morgan fingerprint density at radius 2 is 2.18 bits per heavy atom. The summed E-state index contributed by atoms with van der Waals surface area (Å²) in [4.78, 5) is 13.2. The van der Waals surface area contributed by atoms with Gasteiger partial charge in [-0.15, -0.1) is 0 Å². The highest BCUT2D eigenvalue weighted by molar-refractivity contribution is 9.10. The van der Waals surface area contributed by atoms with E-state index in [1.807, 2.05) is 12.1 Å². The zero-order valence-corrected chi connectivity index (χ0v) is 11.8. The van der Waals surface area contributed by atoms with Crippen LogP contribution >= 0.6 is 15.9 Å². The molecule has 1 aromatic rings. The standard InChI is InChI=1S/C13H18BrNO2/c1-10(2)15(6-3-7-16)13-8-12(14)5-4-11(13)9-17/h4-5,8-10,16H,3,6-7H2,1-2H3. The number of hydrogen-bond donors (Lipinski definition) is 1. The Hall–Kier alpha value is -0.870. The number of rotatable bonds is 6. The summed E-state index contributed by atoms with van der Waals surface area (Å²) in [5.74, 6) is 0. The van der Waals surface area contributed by atoms with Crippen molar-refractivity contribution in [3.05, 3.63) is 28.2 Å². The number of nitrogens with zero attached hydrogens (tertiary/aromatic N) is 1. The van der Waals surface area contributed by atoms with E-state index in [-0.39, 0.29) is 12.6 Å². The summed E-state index contributed by atoms with van der Waals surface area (Å²) in [6.45, 7) is 5.05. The second-order valence-electron chi connectivity index (χ2n) is 4.19. The first-order chi connectivity index (χ1) is 8.10. The van der Waals surface area contributed by atoms with Crippen LogP contribution in [0.25, 0.3) is 0 Å². The molecule has 0 amide bonds. The Kier molecular flexibility index (Phi) is 5.65. The topological polar surface area (TPSA) is 40.5 Å². The van der Waals surface area contributed by atoms with E-state index in [1.165, 1.54) is 0 Å². The molecule has 0 saturated carbocycles. The molecule has 0 saturated heterocycles. The average molecular weight is 300 g/mol. The molecule has 94 valence electrons. The third-order valence-electron chi connectivity index (χ3n) is 2.61. The van der Waals surface area contributed by atoms with Crippen molar-refractivity contribution in [2.45, 2.75) is 26.3 Å². The maximum Gasteiger partial charge on any atom is 0.152 e. The Balaban J connectivity index is 3.07. The number of carbonyl (C=O) groups excluding carboxylic acids is 1. The second kappa shape index (κ2) is 6.77. The van der Waals surface area contributed by atoms with Gasteiger partial charge in [-0.3, -0.25) is 4.79 Å². The second-order valence-corrected chi connectivity index (χ2v) is 5.10. The summed E-state index contributed by atoms with van der Waals surface area (Å²) in [7, 11) is 0. The van der Waals surface area contributed by atoms with Gasteiger partial charge in [0.05, 0.1) is 0 Å². The molecule has 0 aliphatic rings. The highest BCUT2D eigenvalue weighted by Crippen LogP contribution is 2.26. The van der Waals surface area contributed by atoms with Gasteiger partial charge in [-0.1, -0.05) is 15.9 Å².